The summed E-state index contributed by atoms with van der Waals surface area (Å²) < 4.78 is 15.3. The highest BCUT2D eigenvalue weighted by Crippen LogP contribution is 2.20. The number of nitrogens with two attached hydrogens (primary N) is 1. The maximum atomic E-state index is 13.3. The summed E-state index contributed by atoms with van der Waals surface area (Å²) in [4.78, 5) is 4.51. The molecule has 0 radical (unpaired) electrons. The smallest absolute Gasteiger partial charge is 0.123 e. The molecule has 0 fully saturated rings. The molecule has 0 aliphatic rings. The second-order valence-electron chi connectivity index (χ2n) is 4.92. The molecule has 0 bridgehead atoms. The molecule has 20 heavy (non-hydrogen) atoms. The predicted octanol–water partition coefficient (Wildman–Crippen LogP) is 3.18. The molecule has 1 aromatic heterocycles. The van der Waals surface area contributed by atoms with Crippen molar-refractivity contribution in [3.63, 3.8) is 0 Å². The largest absolute Gasteiger partial charge is 0.326 e. The molecule has 4 heteroatoms. The van der Waals surface area contributed by atoms with Gasteiger partial charge in [-0.25, -0.2) is 9.37 Å². The molecule has 0 amide bonds. The van der Waals surface area contributed by atoms with Crippen LogP contribution in [0.3, 0.4) is 0 Å². The van der Waals surface area contributed by atoms with Crippen LogP contribution < -0.4 is 5.73 Å². The lowest BCUT2D eigenvalue weighted by atomic mass is 10.1. The molecular weight excluding hydrogens is 253 g/mol. The maximum Gasteiger partial charge on any atom is 0.123 e. The highest BCUT2D eigenvalue weighted by molar-refractivity contribution is 5.75. The van der Waals surface area contributed by atoms with E-state index in [9.17, 15) is 4.39 Å². The van der Waals surface area contributed by atoms with Crippen LogP contribution in [0.1, 0.15) is 17.4 Å². The summed E-state index contributed by atoms with van der Waals surface area (Å²) in [6, 6.07) is 14.1. The van der Waals surface area contributed by atoms with E-state index < -0.39 is 0 Å². The SMILES string of the molecule is Cc1nc2ccccc2n1CC(N)c1cccc(F)c1. The molecule has 1 unspecified atom stereocenters. The standard InChI is InChI=1S/C16H16FN3/c1-11-19-15-7-2-3-8-16(15)20(11)10-14(18)12-5-4-6-13(17)9-12/h2-9,14H,10,18H2,1H3. The van der Waals surface area contributed by atoms with Crippen molar-refractivity contribution in [1.82, 2.24) is 9.55 Å². The van der Waals surface area contributed by atoms with Gasteiger partial charge in [-0.2, -0.15) is 0 Å². The topological polar surface area (TPSA) is 43.8 Å². The fourth-order valence-electron chi connectivity index (χ4n) is 2.47. The average Bonchev–Trinajstić information content (AvgIpc) is 2.75. The molecule has 0 saturated heterocycles. The second kappa shape index (κ2) is 5.06. The lowest BCUT2D eigenvalue weighted by Gasteiger charge is -2.15. The highest BCUT2D eigenvalue weighted by atomic mass is 19.1. The van der Waals surface area contributed by atoms with Gasteiger partial charge in [-0.15, -0.1) is 0 Å². The Morgan fingerprint density at radius 3 is 2.80 bits per heavy atom. The van der Waals surface area contributed by atoms with Crippen LogP contribution in [0, 0.1) is 12.7 Å². The Kier molecular flexibility index (Phi) is 3.24. The van der Waals surface area contributed by atoms with Crippen molar-refractivity contribution in [3.8, 4) is 0 Å². The van der Waals surface area contributed by atoms with Crippen LogP contribution in [-0.4, -0.2) is 9.55 Å². The van der Waals surface area contributed by atoms with E-state index in [1.165, 1.54) is 12.1 Å². The summed E-state index contributed by atoms with van der Waals surface area (Å²) in [5.41, 5.74) is 9.00. The minimum absolute atomic E-state index is 0.259. The first kappa shape index (κ1) is 12.8. The minimum Gasteiger partial charge on any atom is -0.326 e. The van der Waals surface area contributed by atoms with Crippen LogP contribution in [-0.2, 0) is 6.54 Å². The Labute approximate surface area is 116 Å². The van der Waals surface area contributed by atoms with Crippen molar-refractivity contribution in [2.75, 3.05) is 0 Å². The highest BCUT2D eigenvalue weighted by Gasteiger charge is 2.12. The zero-order chi connectivity index (χ0) is 14.1. The van der Waals surface area contributed by atoms with Gasteiger partial charge in [0.1, 0.15) is 11.6 Å². The minimum atomic E-state index is -0.262. The number of rotatable bonds is 3. The molecule has 3 aromatic rings. The van der Waals surface area contributed by atoms with Gasteiger partial charge in [0.05, 0.1) is 11.0 Å². The molecule has 3 rings (SSSR count). The van der Waals surface area contributed by atoms with Gasteiger partial charge in [-0.1, -0.05) is 24.3 Å². The van der Waals surface area contributed by atoms with E-state index in [0.29, 0.717) is 6.54 Å². The molecule has 3 nitrogen and oxygen atoms in total. The summed E-state index contributed by atoms with van der Waals surface area (Å²) in [6.07, 6.45) is 0. The third-order valence-electron chi connectivity index (χ3n) is 3.50. The predicted molar refractivity (Wildman–Crippen MR) is 77.8 cm³/mol. The van der Waals surface area contributed by atoms with Crippen LogP contribution >= 0.6 is 0 Å². The zero-order valence-electron chi connectivity index (χ0n) is 11.3. The number of benzene rings is 2. The number of nitrogens with zero attached hydrogens (tertiary/aromatic N) is 2. The third-order valence-corrected chi connectivity index (χ3v) is 3.50. The molecule has 2 N–H and O–H groups in total. The molecule has 0 aliphatic carbocycles. The number of hydrogen-bond donors (Lipinski definition) is 1. The monoisotopic (exact) mass is 269 g/mol. The Morgan fingerprint density at radius 1 is 1.20 bits per heavy atom. The summed E-state index contributed by atoms with van der Waals surface area (Å²) in [5, 5.41) is 0. The fraction of sp³-hybridized carbons (Fsp3) is 0.188. The van der Waals surface area contributed by atoms with Gasteiger partial charge in [0.25, 0.3) is 0 Å². The number of hydrogen-bond acceptors (Lipinski definition) is 2. The molecule has 1 heterocycles. The second-order valence-corrected chi connectivity index (χ2v) is 4.92. The molecule has 1 atom stereocenters. The molecule has 0 aliphatic heterocycles. The van der Waals surface area contributed by atoms with Crippen LogP contribution in [0.5, 0.6) is 0 Å². The first-order valence-corrected chi connectivity index (χ1v) is 6.58. The molecule has 2 aromatic carbocycles. The van der Waals surface area contributed by atoms with E-state index >= 15 is 0 Å². The van der Waals surface area contributed by atoms with Crippen LogP contribution in [0.15, 0.2) is 48.5 Å². The van der Waals surface area contributed by atoms with Crippen molar-refractivity contribution in [1.29, 1.82) is 0 Å². The van der Waals surface area contributed by atoms with Crippen LogP contribution in [0.4, 0.5) is 4.39 Å². The number of para-hydroxylation sites is 2. The van der Waals surface area contributed by atoms with E-state index in [-0.39, 0.29) is 11.9 Å². The van der Waals surface area contributed by atoms with Gasteiger partial charge >= 0.3 is 0 Å². The van der Waals surface area contributed by atoms with Gasteiger partial charge in [-0.05, 0) is 36.8 Å². The van der Waals surface area contributed by atoms with Gasteiger partial charge in [0, 0.05) is 12.6 Å². The number of halogens is 1. The number of fused-ring (bicyclic) bond motifs is 1. The quantitative estimate of drug-likeness (QED) is 0.793. The van der Waals surface area contributed by atoms with E-state index in [4.69, 9.17) is 5.73 Å². The van der Waals surface area contributed by atoms with Gasteiger partial charge < -0.3 is 10.3 Å². The van der Waals surface area contributed by atoms with Crippen molar-refractivity contribution >= 4 is 11.0 Å². The lowest BCUT2D eigenvalue weighted by molar-refractivity contribution is 0.568. The Morgan fingerprint density at radius 2 is 2.00 bits per heavy atom. The molecule has 0 spiro atoms. The Bertz CT molecular complexity index is 748. The summed E-state index contributed by atoms with van der Waals surface area (Å²) in [6.45, 7) is 2.54. The molecular formula is C16H16FN3. The first-order valence-electron chi connectivity index (χ1n) is 6.58. The van der Waals surface area contributed by atoms with Gasteiger partial charge in [-0.3, -0.25) is 0 Å². The average molecular weight is 269 g/mol. The van der Waals surface area contributed by atoms with E-state index in [1.54, 1.807) is 6.07 Å². The van der Waals surface area contributed by atoms with E-state index in [2.05, 4.69) is 9.55 Å². The molecule has 0 saturated carbocycles. The van der Waals surface area contributed by atoms with Gasteiger partial charge in [0.15, 0.2) is 0 Å². The number of aryl methyl sites for hydroxylation is 1. The fourth-order valence-corrected chi connectivity index (χ4v) is 2.47. The summed E-state index contributed by atoms with van der Waals surface area (Å²) >= 11 is 0. The van der Waals surface area contributed by atoms with Crippen LogP contribution in [0.2, 0.25) is 0 Å². The summed E-state index contributed by atoms with van der Waals surface area (Å²) in [7, 11) is 0. The summed E-state index contributed by atoms with van der Waals surface area (Å²) in [5.74, 6) is 0.656. The Hall–Kier alpha value is -2.20. The maximum absolute atomic E-state index is 13.3. The van der Waals surface area contributed by atoms with Crippen molar-refractivity contribution in [3.05, 3.63) is 65.7 Å². The van der Waals surface area contributed by atoms with E-state index in [1.807, 2.05) is 37.3 Å². The normalized spacial score (nSPS) is 12.8. The van der Waals surface area contributed by atoms with E-state index in [0.717, 1.165) is 22.4 Å². The number of imidazole rings is 1. The first-order chi connectivity index (χ1) is 9.65. The van der Waals surface area contributed by atoms with Gasteiger partial charge in [0.2, 0.25) is 0 Å². The van der Waals surface area contributed by atoms with Crippen LogP contribution in [0.25, 0.3) is 11.0 Å². The lowest BCUT2D eigenvalue weighted by Crippen LogP contribution is -2.18. The Balaban J connectivity index is 1.95. The van der Waals surface area contributed by atoms with Crippen molar-refractivity contribution in [2.24, 2.45) is 5.73 Å². The van der Waals surface area contributed by atoms with Crippen molar-refractivity contribution in [2.45, 2.75) is 19.5 Å². The van der Waals surface area contributed by atoms with Crippen molar-refractivity contribution < 1.29 is 4.39 Å². The zero-order valence-corrected chi connectivity index (χ0v) is 11.3. The number of aromatic nitrogens is 2. The third kappa shape index (κ3) is 2.30. The molecule has 102 valence electrons.